The van der Waals surface area contributed by atoms with E-state index in [1.165, 1.54) is 12.1 Å². The summed E-state index contributed by atoms with van der Waals surface area (Å²) in [7, 11) is 0. The second-order valence-corrected chi connectivity index (χ2v) is 4.45. The molecule has 4 heteroatoms. The predicted molar refractivity (Wildman–Crippen MR) is 75.2 cm³/mol. The average molecular weight is 259 g/mol. The van der Waals surface area contributed by atoms with Crippen LogP contribution in [-0.4, -0.2) is 11.5 Å². The molecule has 1 unspecified atom stereocenters. The number of nitrogens with one attached hydrogen (secondary N) is 1. The molecule has 0 aliphatic heterocycles. The van der Waals surface area contributed by atoms with Gasteiger partial charge in [0.05, 0.1) is 6.04 Å². The van der Waals surface area contributed by atoms with Crippen molar-refractivity contribution in [2.45, 2.75) is 19.4 Å². The van der Waals surface area contributed by atoms with Crippen LogP contribution in [0.3, 0.4) is 0 Å². The Morgan fingerprint density at radius 3 is 2.89 bits per heavy atom. The van der Waals surface area contributed by atoms with Crippen molar-refractivity contribution in [3.05, 3.63) is 59.7 Å². The van der Waals surface area contributed by atoms with Crippen molar-refractivity contribution in [2.24, 2.45) is 0 Å². The van der Waals surface area contributed by atoms with Crippen molar-refractivity contribution < 1.29 is 4.39 Å². The second kappa shape index (κ2) is 6.29. The Hall–Kier alpha value is -1.94. The summed E-state index contributed by atoms with van der Waals surface area (Å²) < 4.78 is 13.4. The van der Waals surface area contributed by atoms with Gasteiger partial charge < -0.3 is 11.1 Å². The van der Waals surface area contributed by atoms with Crippen LogP contribution >= 0.6 is 0 Å². The van der Waals surface area contributed by atoms with Crippen LogP contribution in [0.25, 0.3) is 0 Å². The van der Waals surface area contributed by atoms with Gasteiger partial charge in [-0.15, -0.1) is 0 Å². The van der Waals surface area contributed by atoms with E-state index in [-0.39, 0.29) is 11.9 Å². The summed E-state index contributed by atoms with van der Waals surface area (Å²) in [5.74, 6) is -0.247. The van der Waals surface area contributed by atoms with Crippen LogP contribution in [0.5, 0.6) is 0 Å². The number of anilines is 1. The third-order valence-corrected chi connectivity index (χ3v) is 2.98. The fourth-order valence-corrected chi connectivity index (χ4v) is 2.04. The number of rotatable bonds is 5. The first-order valence-electron chi connectivity index (χ1n) is 6.40. The molecule has 2 rings (SSSR count). The van der Waals surface area contributed by atoms with Crippen molar-refractivity contribution in [2.75, 3.05) is 12.3 Å². The van der Waals surface area contributed by atoms with Gasteiger partial charge in [0, 0.05) is 23.6 Å². The maximum absolute atomic E-state index is 13.4. The molecule has 0 amide bonds. The van der Waals surface area contributed by atoms with Crippen molar-refractivity contribution in [1.29, 1.82) is 0 Å². The Morgan fingerprint density at radius 2 is 2.21 bits per heavy atom. The lowest BCUT2D eigenvalue weighted by atomic mass is 9.98. The molecule has 0 fully saturated rings. The van der Waals surface area contributed by atoms with Gasteiger partial charge in [-0.2, -0.15) is 0 Å². The molecule has 1 atom stereocenters. The van der Waals surface area contributed by atoms with Crippen LogP contribution in [0, 0.1) is 5.82 Å². The van der Waals surface area contributed by atoms with Crippen LogP contribution < -0.4 is 11.1 Å². The van der Waals surface area contributed by atoms with E-state index in [9.17, 15) is 4.39 Å². The van der Waals surface area contributed by atoms with Gasteiger partial charge in [0.2, 0.25) is 0 Å². The maximum Gasteiger partial charge on any atom is 0.123 e. The summed E-state index contributed by atoms with van der Waals surface area (Å²) in [6.07, 6.45) is 4.38. The number of halogens is 1. The molecule has 2 aromatic rings. The van der Waals surface area contributed by atoms with Crippen LogP contribution in [0.2, 0.25) is 0 Å². The van der Waals surface area contributed by atoms with Gasteiger partial charge >= 0.3 is 0 Å². The Bertz CT molecular complexity index is 542. The number of nitrogens with zero attached hydrogens (tertiary/aromatic N) is 1. The molecule has 100 valence electrons. The zero-order valence-corrected chi connectivity index (χ0v) is 10.9. The predicted octanol–water partition coefficient (Wildman–Crippen LogP) is 2.89. The Kier molecular flexibility index (Phi) is 4.47. The largest absolute Gasteiger partial charge is 0.398 e. The lowest BCUT2D eigenvalue weighted by Gasteiger charge is -2.20. The van der Waals surface area contributed by atoms with Gasteiger partial charge in [-0.25, -0.2) is 4.39 Å². The molecule has 0 bridgehead atoms. The Labute approximate surface area is 112 Å². The summed E-state index contributed by atoms with van der Waals surface area (Å²) in [4.78, 5) is 4.11. The van der Waals surface area contributed by atoms with Crippen molar-refractivity contribution in [3.63, 3.8) is 0 Å². The average Bonchev–Trinajstić information content (AvgIpc) is 2.41. The number of pyridine rings is 1. The molecule has 3 nitrogen and oxygen atoms in total. The minimum absolute atomic E-state index is 0.135. The highest BCUT2D eigenvalue weighted by molar-refractivity contribution is 5.49. The fraction of sp³-hybridized carbons (Fsp3) is 0.267. The first-order chi connectivity index (χ1) is 9.22. The first kappa shape index (κ1) is 13.5. The minimum atomic E-state index is -0.247. The highest BCUT2D eigenvalue weighted by Gasteiger charge is 2.16. The maximum atomic E-state index is 13.4. The van der Waals surface area contributed by atoms with E-state index in [1.807, 2.05) is 6.07 Å². The monoisotopic (exact) mass is 259 g/mol. The molecular weight excluding hydrogens is 241 g/mol. The van der Waals surface area contributed by atoms with Crippen LogP contribution in [-0.2, 0) is 0 Å². The molecule has 0 saturated carbocycles. The number of nitrogen functional groups attached to an aromatic ring is 1. The van der Waals surface area contributed by atoms with Crippen LogP contribution in [0.1, 0.15) is 30.5 Å². The summed E-state index contributed by atoms with van der Waals surface area (Å²) >= 11 is 0. The molecule has 1 heterocycles. The quantitative estimate of drug-likeness (QED) is 0.868. The molecule has 1 aromatic carbocycles. The molecular formula is C15H18FN3. The lowest BCUT2D eigenvalue weighted by molar-refractivity contribution is 0.585. The Morgan fingerprint density at radius 1 is 1.37 bits per heavy atom. The number of hydrogen-bond donors (Lipinski definition) is 2. The number of benzene rings is 1. The second-order valence-electron chi connectivity index (χ2n) is 4.45. The summed E-state index contributed by atoms with van der Waals surface area (Å²) in [5.41, 5.74) is 8.39. The summed E-state index contributed by atoms with van der Waals surface area (Å²) in [5, 5.41) is 3.38. The third-order valence-electron chi connectivity index (χ3n) is 2.98. The molecule has 0 saturated heterocycles. The van der Waals surface area contributed by atoms with Gasteiger partial charge in [0.25, 0.3) is 0 Å². The van der Waals surface area contributed by atoms with E-state index in [2.05, 4.69) is 17.2 Å². The molecule has 0 aliphatic carbocycles. The van der Waals surface area contributed by atoms with Crippen molar-refractivity contribution in [1.82, 2.24) is 10.3 Å². The first-order valence-corrected chi connectivity index (χ1v) is 6.40. The zero-order chi connectivity index (χ0) is 13.7. The van der Waals surface area contributed by atoms with Gasteiger partial charge in [0.1, 0.15) is 5.82 Å². The molecule has 3 N–H and O–H groups in total. The summed E-state index contributed by atoms with van der Waals surface area (Å²) in [6, 6.07) is 8.19. The van der Waals surface area contributed by atoms with E-state index < -0.39 is 0 Å². The van der Waals surface area contributed by atoms with Gasteiger partial charge in [-0.05, 0) is 36.7 Å². The van der Waals surface area contributed by atoms with Crippen LogP contribution in [0.15, 0.2) is 42.7 Å². The highest BCUT2D eigenvalue weighted by atomic mass is 19.1. The van der Waals surface area contributed by atoms with Crippen LogP contribution in [0.4, 0.5) is 10.1 Å². The normalized spacial score (nSPS) is 12.3. The highest BCUT2D eigenvalue weighted by Crippen LogP contribution is 2.26. The van der Waals surface area contributed by atoms with Gasteiger partial charge in [0.15, 0.2) is 0 Å². The van der Waals surface area contributed by atoms with Gasteiger partial charge in [-0.3, -0.25) is 4.98 Å². The molecule has 0 aliphatic rings. The minimum Gasteiger partial charge on any atom is -0.398 e. The molecule has 1 aromatic heterocycles. The summed E-state index contributed by atoms with van der Waals surface area (Å²) in [6.45, 7) is 2.91. The standard InChI is InChI=1S/C15H18FN3/c1-2-7-19-15(11-4-3-5-12(16)9-11)13-10-18-8-6-14(13)17/h3-6,8-10,15,19H,2,7H2,1H3,(H2,17,18). The van der Waals surface area contributed by atoms with E-state index in [0.29, 0.717) is 5.69 Å². The van der Waals surface area contributed by atoms with Crippen molar-refractivity contribution in [3.8, 4) is 0 Å². The molecule has 19 heavy (non-hydrogen) atoms. The van der Waals surface area contributed by atoms with E-state index in [1.54, 1.807) is 24.5 Å². The number of hydrogen-bond acceptors (Lipinski definition) is 3. The van der Waals surface area contributed by atoms with Crippen molar-refractivity contribution >= 4 is 5.69 Å². The van der Waals surface area contributed by atoms with E-state index >= 15 is 0 Å². The molecule has 0 radical (unpaired) electrons. The molecule has 0 spiro atoms. The Balaban J connectivity index is 2.38. The smallest absolute Gasteiger partial charge is 0.123 e. The van der Waals surface area contributed by atoms with E-state index in [0.717, 1.165) is 24.1 Å². The SMILES string of the molecule is CCCNC(c1cccc(F)c1)c1cnccc1N. The van der Waals surface area contributed by atoms with E-state index in [4.69, 9.17) is 5.73 Å². The lowest BCUT2D eigenvalue weighted by Crippen LogP contribution is -2.24. The third kappa shape index (κ3) is 3.29. The fourth-order valence-electron chi connectivity index (χ4n) is 2.04. The van der Waals surface area contributed by atoms with Gasteiger partial charge in [-0.1, -0.05) is 19.1 Å². The zero-order valence-electron chi connectivity index (χ0n) is 10.9. The topological polar surface area (TPSA) is 50.9 Å². The number of aromatic nitrogens is 1. The number of nitrogens with two attached hydrogens (primary N) is 1.